The smallest absolute Gasteiger partial charge is 0.205 e. The summed E-state index contributed by atoms with van der Waals surface area (Å²) in [5.41, 5.74) is 6.94. The van der Waals surface area contributed by atoms with Gasteiger partial charge in [-0.15, -0.1) is 0 Å². The summed E-state index contributed by atoms with van der Waals surface area (Å²) in [7, 11) is 0. The molecule has 5 heteroatoms. The molecule has 0 spiro atoms. The van der Waals surface area contributed by atoms with Gasteiger partial charge in [0.2, 0.25) is 5.88 Å². The first-order valence-electron chi connectivity index (χ1n) is 6.77. The van der Waals surface area contributed by atoms with Crippen molar-refractivity contribution in [2.45, 2.75) is 26.7 Å². The highest BCUT2D eigenvalue weighted by Gasteiger charge is 2.37. The van der Waals surface area contributed by atoms with Gasteiger partial charge < -0.3 is 10.5 Å². The van der Waals surface area contributed by atoms with Crippen molar-refractivity contribution in [3.63, 3.8) is 0 Å². The molecule has 0 fully saturated rings. The SMILES string of the molecule is CC(C)(C)C1=C(C#N)[C@H](c2ccc(Cl)cc2)C(C#N)=C(N)O1. The van der Waals surface area contributed by atoms with Crippen molar-refractivity contribution in [2.24, 2.45) is 11.1 Å². The van der Waals surface area contributed by atoms with Crippen molar-refractivity contribution < 1.29 is 4.74 Å². The molecule has 0 unspecified atom stereocenters. The van der Waals surface area contributed by atoms with Gasteiger partial charge in [0.15, 0.2) is 0 Å². The molecule has 1 aromatic rings. The maximum atomic E-state index is 9.62. The number of nitrogens with two attached hydrogens (primary N) is 1. The molecule has 2 N–H and O–H groups in total. The van der Waals surface area contributed by atoms with Gasteiger partial charge in [0.1, 0.15) is 17.4 Å². The van der Waals surface area contributed by atoms with Crippen molar-refractivity contribution in [3.05, 3.63) is 57.6 Å². The van der Waals surface area contributed by atoms with E-state index in [9.17, 15) is 10.5 Å². The second kappa shape index (κ2) is 5.75. The summed E-state index contributed by atoms with van der Waals surface area (Å²) in [5, 5.41) is 19.6. The predicted molar refractivity (Wildman–Crippen MR) is 84.2 cm³/mol. The minimum atomic E-state index is -0.532. The lowest BCUT2D eigenvalue weighted by molar-refractivity contribution is 0.199. The summed E-state index contributed by atoms with van der Waals surface area (Å²) >= 11 is 5.92. The summed E-state index contributed by atoms with van der Waals surface area (Å²) in [4.78, 5) is 0. The molecule has 0 saturated carbocycles. The Bertz CT molecular complexity index is 740. The Balaban J connectivity index is 2.70. The van der Waals surface area contributed by atoms with E-state index in [1.165, 1.54) is 0 Å². The maximum absolute atomic E-state index is 9.62. The third-order valence-corrected chi connectivity index (χ3v) is 3.68. The number of hydrogen-bond donors (Lipinski definition) is 1. The van der Waals surface area contributed by atoms with Crippen LogP contribution >= 0.6 is 11.6 Å². The molecule has 2 rings (SSSR count). The van der Waals surface area contributed by atoms with Gasteiger partial charge in [0.25, 0.3) is 0 Å². The molecule has 1 aliphatic heterocycles. The van der Waals surface area contributed by atoms with Gasteiger partial charge in [-0.2, -0.15) is 10.5 Å². The summed E-state index contributed by atoms with van der Waals surface area (Å²) < 4.78 is 5.60. The topological polar surface area (TPSA) is 82.8 Å². The largest absolute Gasteiger partial charge is 0.443 e. The number of rotatable bonds is 1. The molecule has 0 bridgehead atoms. The number of halogens is 1. The molecule has 112 valence electrons. The average molecular weight is 314 g/mol. The monoisotopic (exact) mass is 313 g/mol. The summed E-state index contributed by atoms with van der Waals surface area (Å²) in [5.74, 6) is 0.00747. The normalized spacial score (nSPS) is 18.5. The van der Waals surface area contributed by atoms with E-state index in [1.807, 2.05) is 20.8 Å². The van der Waals surface area contributed by atoms with Crippen LogP contribution in [-0.2, 0) is 4.74 Å². The quantitative estimate of drug-likeness (QED) is 0.850. The first-order chi connectivity index (χ1) is 10.3. The van der Waals surface area contributed by atoms with Crippen LogP contribution in [0.1, 0.15) is 32.3 Å². The Morgan fingerprint density at radius 2 is 1.64 bits per heavy atom. The fourth-order valence-corrected chi connectivity index (χ4v) is 2.54. The van der Waals surface area contributed by atoms with Crippen LogP contribution in [-0.4, -0.2) is 0 Å². The zero-order valence-electron chi connectivity index (χ0n) is 12.6. The number of nitriles is 2. The van der Waals surface area contributed by atoms with Crippen LogP contribution in [0.4, 0.5) is 0 Å². The van der Waals surface area contributed by atoms with E-state index in [0.29, 0.717) is 16.4 Å². The molecule has 0 aromatic heterocycles. The van der Waals surface area contributed by atoms with E-state index in [2.05, 4.69) is 12.1 Å². The molecule has 1 aliphatic rings. The van der Waals surface area contributed by atoms with Gasteiger partial charge in [-0.3, -0.25) is 0 Å². The highest BCUT2D eigenvalue weighted by molar-refractivity contribution is 6.30. The first-order valence-corrected chi connectivity index (χ1v) is 7.15. The standard InChI is InChI=1S/C17H16ClN3O/c1-17(2,3)15-12(8-19)14(13(9-20)16(21)22-15)10-4-6-11(18)7-5-10/h4-7,14H,21H2,1-3H3/t14-/m0/s1. The second-order valence-corrected chi connectivity index (χ2v) is 6.52. The molecule has 22 heavy (non-hydrogen) atoms. The molecular formula is C17H16ClN3O. The van der Waals surface area contributed by atoms with E-state index < -0.39 is 11.3 Å². The van der Waals surface area contributed by atoms with Gasteiger partial charge in [0.05, 0.1) is 17.6 Å². The van der Waals surface area contributed by atoms with Gasteiger partial charge in [-0.25, -0.2) is 0 Å². The lowest BCUT2D eigenvalue weighted by Gasteiger charge is -2.32. The fraction of sp³-hybridized carbons (Fsp3) is 0.294. The van der Waals surface area contributed by atoms with E-state index >= 15 is 0 Å². The third-order valence-electron chi connectivity index (χ3n) is 3.42. The first kappa shape index (κ1) is 15.9. The van der Waals surface area contributed by atoms with Crippen molar-refractivity contribution >= 4 is 11.6 Å². The number of hydrogen-bond acceptors (Lipinski definition) is 4. The zero-order valence-corrected chi connectivity index (χ0v) is 13.4. The molecule has 1 atom stereocenters. The van der Waals surface area contributed by atoms with Crippen LogP contribution in [0.5, 0.6) is 0 Å². The Kier molecular flexibility index (Phi) is 4.17. The van der Waals surface area contributed by atoms with Crippen LogP contribution in [0.15, 0.2) is 47.1 Å². The average Bonchev–Trinajstić information content (AvgIpc) is 2.46. The lowest BCUT2D eigenvalue weighted by atomic mass is 9.79. The Hall–Kier alpha value is -2.43. The number of benzene rings is 1. The van der Waals surface area contributed by atoms with Crippen molar-refractivity contribution in [1.82, 2.24) is 0 Å². The molecule has 0 saturated heterocycles. The highest BCUT2D eigenvalue weighted by Crippen LogP contribution is 2.44. The Morgan fingerprint density at radius 3 is 2.09 bits per heavy atom. The van der Waals surface area contributed by atoms with E-state index in [4.69, 9.17) is 22.1 Å². The number of nitrogens with zero attached hydrogens (tertiary/aromatic N) is 2. The molecule has 1 aromatic carbocycles. The zero-order chi connectivity index (χ0) is 16.5. The van der Waals surface area contributed by atoms with E-state index in [1.54, 1.807) is 24.3 Å². The Morgan fingerprint density at radius 1 is 1.09 bits per heavy atom. The second-order valence-electron chi connectivity index (χ2n) is 6.08. The van der Waals surface area contributed by atoms with E-state index in [-0.39, 0.29) is 11.5 Å². The number of allylic oxidation sites excluding steroid dienone is 3. The summed E-state index contributed by atoms with van der Waals surface area (Å²) in [6, 6.07) is 11.3. The summed E-state index contributed by atoms with van der Waals surface area (Å²) in [6.07, 6.45) is 0. The maximum Gasteiger partial charge on any atom is 0.205 e. The fourth-order valence-electron chi connectivity index (χ4n) is 2.42. The molecule has 1 heterocycles. The summed E-state index contributed by atoms with van der Waals surface area (Å²) in [6.45, 7) is 5.80. The third kappa shape index (κ3) is 2.79. The molecule has 0 amide bonds. The lowest BCUT2D eigenvalue weighted by Crippen LogP contribution is -2.26. The van der Waals surface area contributed by atoms with Crippen molar-refractivity contribution in [1.29, 1.82) is 10.5 Å². The Labute approximate surface area is 135 Å². The van der Waals surface area contributed by atoms with Crippen LogP contribution in [0.3, 0.4) is 0 Å². The minimum absolute atomic E-state index is 0.0476. The van der Waals surface area contributed by atoms with Gasteiger partial charge in [-0.05, 0) is 17.7 Å². The van der Waals surface area contributed by atoms with Crippen LogP contribution in [0, 0.1) is 28.1 Å². The molecule has 0 radical (unpaired) electrons. The van der Waals surface area contributed by atoms with Crippen LogP contribution in [0.2, 0.25) is 5.02 Å². The predicted octanol–water partition coefficient (Wildman–Crippen LogP) is 3.97. The van der Waals surface area contributed by atoms with Crippen LogP contribution in [0.25, 0.3) is 0 Å². The molecule has 4 nitrogen and oxygen atoms in total. The van der Waals surface area contributed by atoms with Gasteiger partial charge in [-0.1, -0.05) is 44.5 Å². The molecule has 0 aliphatic carbocycles. The van der Waals surface area contributed by atoms with E-state index in [0.717, 1.165) is 5.56 Å². The van der Waals surface area contributed by atoms with Crippen molar-refractivity contribution in [3.8, 4) is 12.1 Å². The van der Waals surface area contributed by atoms with Gasteiger partial charge >= 0.3 is 0 Å². The minimum Gasteiger partial charge on any atom is -0.443 e. The van der Waals surface area contributed by atoms with Crippen LogP contribution < -0.4 is 5.73 Å². The van der Waals surface area contributed by atoms with Crippen molar-refractivity contribution in [2.75, 3.05) is 0 Å². The highest BCUT2D eigenvalue weighted by atomic mass is 35.5. The number of ether oxygens (including phenoxy) is 1. The van der Waals surface area contributed by atoms with Gasteiger partial charge in [0, 0.05) is 10.4 Å². The molecular weight excluding hydrogens is 298 g/mol.